The van der Waals surface area contributed by atoms with Crippen molar-refractivity contribution in [2.45, 2.75) is 19.5 Å². The van der Waals surface area contributed by atoms with E-state index in [1.807, 2.05) is 6.07 Å². The maximum absolute atomic E-state index is 14.0. The van der Waals surface area contributed by atoms with Gasteiger partial charge in [-0.05, 0) is 34.5 Å². The Kier molecular flexibility index (Phi) is 3.52. The fourth-order valence-electron chi connectivity index (χ4n) is 2.91. The van der Waals surface area contributed by atoms with E-state index in [1.54, 1.807) is 23.5 Å². The van der Waals surface area contributed by atoms with Crippen LogP contribution in [0.2, 0.25) is 0 Å². The first-order valence-electron chi connectivity index (χ1n) is 7.27. The van der Waals surface area contributed by atoms with Gasteiger partial charge in [0.2, 0.25) is 0 Å². The highest BCUT2D eigenvalue weighted by Crippen LogP contribution is 2.31. The summed E-state index contributed by atoms with van der Waals surface area (Å²) in [7, 11) is 0. The zero-order valence-electron chi connectivity index (χ0n) is 12.0. The van der Waals surface area contributed by atoms with Crippen LogP contribution in [0.5, 0.6) is 0 Å². The van der Waals surface area contributed by atoms with Gasteiger partial charge in [0.25, 0.3) is 0 Å². The van der Waals surface area contributed by atoms with Crippen molar-refractivity contribution in [3.63, 3.8) is 0 Å². The Hall–Kier alpha value is -1.98. The molecule has 1 aliphatic rings. The maximum atomic E-state index is 14.0. The predicted octanol–water partition coefficient (Wildman–Crippen LogP) is 4.10. The molecule has 0 saturated heterocycles. The highest BCUT2D eigenvalue weighted by molar-refractivity contribution is 7.07. The topological polar surface area (TPSA) is 29.3 Å². The van der Waals surface area contributed by atoms with Crippen LogP contribution >= 0.6 is 11.3 Å². The van der Waals surface area contributed by atoms with Crippen LogP contribution in [0.4, 0.5) is 4.39 Å². The average molecular weight is 314 g/mol. The van der Waals surface area contributed by atoms with Crippen LogP contribution in [0.25, 0.3) is 11.3 Å². The number of aromatic nitrogens is 1. The van der Waals surface area contributed by atoms with E-state index in [2.05, 4.69) is 26.9 Å². The van der Waals surface area contributed by atoms with Gasteiger partial charge >= 0.3 is 0 Å². The third-order valence-corrected chi connectivity index (χ3v) is 4.75. The van der Waals surface area contributed by atoms with Gasteiger partial charge in [-0.3, -0.25) is 4.90 Å². The van der Waals surface area contributed by atoms with Crippen LogP contribution in [0, 0.1) is 5.82 Å². The van der Waals surface area contributed by atoms with Crippen molar-refractivity contribution in [2.24, 2.45) is 0 Å². The van der Waals surface area contributed by atoms with Gasteiger partial charge in [-0.15, -0.1) is 0 Å². The molecule has 0 atom stereocenters. The van der Waals surface area contributed by atoms with E-state index < -0.39 is 0 Å². The number of hydrogen-bond acceptors (Lipinski definition) is 4. The molecule has 0 radical (unpaired) electrons. The number of fused-ring (bicyclic) bond motifs is 1. The molecule has 3 heterocycles. The fraction of sp³-hybridized carbons (Fsp3) is 0.235. The maximum Gasteiger partial charge on any atom is 0.143 e. The third kappa shape index (κ3) is 2.46. The van der Waals surface area contributed by atoms with Crippen molar-refractivity contribution < 1.29 is 8.91 Å². The molecule has 0 amide bonds. The molecule has 2 aromatic heterocycles. The SMILES string of the molecule is Fc1ccccc1-c1noc2c1CN(Cc1ccsc1)CC2. The lowest BCUT2D eigenvalue weighted by atomic mass is 10.0. The van der Waals surface area contributed by atoms with Crippen molar-refractivity contribution in [1.82, 2.24) is 10.1 Å². The standard InChI is InChI=1S/C17H15FN2OS/c18-15-4-2-1-3-13(15)17-14-10-20(7-5-16(14)21-19-17)9-12-6-8-22-11-12/h1-4,6,8,11H,5,7,9-10H2. The van der Waals surface area contributed by atoms with Gasteiger partial charge in [-0.25, -0.2) is 4.39 Å². The van der Waals surface area contributed by atoms with Gasteiger partial charge in [0.15, 0.2) is 0 Å². The predicted molar refractivity (Wildman–Crippen MR) is 84.0 cm³/mol. The Morgan fingerprint density at radius 2 is 2.18 bits per heavy atom. The molecule has 1 aliphatic heterocycles. The molecule has 112 valence electrons. The quantitative estimate of drug-likeness (QED) is 0.729. The summed E-state index contributed by atoms with van der Waals surface area (Å²) in [5.74, 6) is 0.633. The lowest BCUT2D eigenvalue weighted by molar-refractivity contribution is 0.229. The second-order valence-corrected chi connectivity index (χ2v) is 6.29. The smallest absolute Gasteiger partial charge is 0.143 e. The number of benzene rings is 1. The van der Waals surface area contributed by atoms with Crippen LogP contribution in [0.15, 0.2) is 45.6 Å². The zero-order valence-corrected chi connectivity index (χ0v) is 12.8. The van der Waals surface area contributed by atoms with Crippen molar-refractivity contribution in [1.29, 1.82) is 0 Å². The van der Waals surface area contributed by atoms with E-state index in [9.17, 15) is 4.39 Å². The fourth-order valence-corrected chi connectivity index (χ4v) is 3.57. The monoisotopic (exact) mass is 314 g/mol. The minimum Gasteiger partial charge on any atom is -0.360 e. The van der Waals surface area contributed by atoms with Gasteiger partial charge in [-0.1, -0.05) is 17.3 Å². The molecule has 5 heteroatoms. The minimum atomic E-state index is -0.256. The summed E-state index contributed by atoms with van der Waals surface area (Å²) in [4.78, 5) is 2.35. The summed E-state index contributed by atoms with van der Waals surface area (Å²) in [5, 5.41) is 8.38. The summed E-state index contributed by atoms with van der Waals surface area (Å²) < 4.78 is 19.5. The van der Waals surface area contributed by atoms with Crippen LogP contribution in [0.3, 0.4) is 0 Å². The van der Waals surface area contributed by atoms with E-state index in [1.165, 1.54) is 11.6 Å². The summed E-state index contributed by atoms with van der Waals surface area (Å²) >= 11 is 1.71. The highest BCUT2D eigenvalue weighted by atomic mass is 32.1. The number of hydrogen-bond donors (Lipinski definition) is 0. The Labute approximate surface area is 132 Å². The normalized spacial score (nSPS) is 15.0. The van der Waals surface area contributed by atoms with E-state index in [0.717, 1.165) is 37.4 Å². The van der Waals surface area contributed by atoms with Crippen molar-refractivity contribution >= 4 is 11.3 Å². The van der Waals surface area contributed by atoms with Crippen LogP contribution in [0.1, 0.15) is 16.9 Å². The number of thiophene rings is 1. The van der Waals surface area contributed by atoms with Gasteiger partial charge < -0.3 is 4.52 Å². The number of nitrogens with zero attached hydrogens (tertiary/aromatic N) is 2. The Balaban J connectivity index is 1.64. The van der Waals surface area contributed by atoms with Gasteiger partial charge in [-0.2, -0.15) is 11.3 Å². The van der Waals surface area contributed by atoms with Crippen LogP contribution in [-0.4, -0.2) is 16.6 Å². The Bertz CT molecular complexity index is 782. The lowest BCUT2D eigenvalue weighted by Gasteiger charge is -2.25. The van der Waals surface area contributed by atoms with E-state index in [4.69, 9.17) is 4.52 Å². The Morgan fingerprint density at radius 3 is 3.00 bits per heavy atom. The Morgan fingerprint density at radius 1 is 1.27 bits per heavy atom. The molecule has 22 heavy (non-hydrogen) atoms. The number of rotatable bonds is 3. The molecule has 0 N–H and O–H groups in total. The van der Waals surface area contributed by atoms with Gasteiger partial charge in [0, 0.05) is 37.2 Å². The van der Waals surface area contributed by atoms with Gasteiger partial charge in [0.1, 0.15) is 17.3 Å². The first kappa shape index (κ1) is 13.7. The second kappa shape index (κ2) is 5.66. The average Bonchev–Trinajstić information content (AvgIpc) is 3.17. The van der Waals surface area contributed by atoms with Gasteiger partial charge in [0.05, 0.1) is 0 Å². The molecule has 3 aromatic rings. The summed E-state index contributed by atoms with van der Waals surface area (Å²) in [5.41, 5.74) is 3.50. The van der Waals surface area contributed by atoms with E-state index >= 15 is 0 Å². The first-order chi connectivity index (χ1) is 10.8. The highest BCUT2D eigenvalue weighted by Gasteiger charge is 2.26. The molecule has 0 bridgehead atoms. The summed E-state index contributed by atoms with van der Waals surface area (Å²) in [6.45, 7) is 2.60. The van der Waals surface area contributed by atoms with Crippen molar-refractivity contribution in [3.05, 3.63) is 63.8 Å². The van der Waals surface area contributed by atoms with E-state index in [-0.39, 0.29) is 5.82 Å². The molecule has 0 saturated carbocycles. The van der Waals surface area contributed by atoms with E-state index in [0.29, 0.717) is 11.3 Å². The molecular formula is C17H15FN2OS. The van der Waals surface area contributed by atoms with Crippen molar-refractivity contribution in [3.8, 4) is 11.3 Å². The van der Waals surface area contributed by atoms with Crippen molar-refractivity contribution in [2.75, 3.05) is 6.54 Å². The summed E-state index contributed by atoms with van der Waals surface area (Å²) in [6, 6.07) is 8.87. The molecule has 1 aromatic carbocycles. The molecule has 0 spiro atoms. The molecule has 0 aliphatic carbocycles. The molecule has 0 fully saturated rings. The largest absolute Gasteiger partial charge is 0.360 e. The summed E-state index contributed by atoms with van der Waals surface area (Å²) in [6.07, 6.45) is 0.820. The van der Waals surface area contributed by atoms with Crippen LogP contribution in [-0.2, 0) is 19.5 Å². The zero-order chi connectivity index (χ0) is 14.9. The molecule has 4 rings (SSSR count). The molecular weight excluding hydrogens is 299 g/mol. The van der Waals surface area contributed by atoms with Crippen LogP contribution < -0.4 is 0 Å². The molecule has 0 unspecified atom stereocenters. The third-order valence-electron chi connectivity index (χ3n) is 4.02. The minimum absolute atomic E-state index is 0.256. The second-order valence-electron chi connectivity index (χ2n) is 5.51. The number of halogens is 1. The first-order valence-corrected chi connectivity index (χ1v) is 8.21. The molecule has 3 nitrogen and oxygen atoms in total. The lowest BCUT2D eigenvalue weighted by Crippen LogP contribution is -2.29.